The monoisotopic (exact) mass is 228 g/mol. The first-order valence-corrected chi connectivity index (χ1v) is 5.94. The predicted octanol–water partition coefficient (Wildman–Crippen LogP) is 0.968. The lowest BCUT2D eigenvalue weighted by Gasteiger charge is -2.06. The average Bonchev–Trinajstić information content (AvgIpc) is 2.07. The van der Waals surface area contributed by atoms with Crippen LogP contribution in [0.1, 0.15) is 0 Å². The van der Waals surface area contributed by atoms with Gasteiger partial charge in [-0.1, -0.05) is 0 Å². The molecule has 6 nitrogen and oxygen atoms in total. The second kappa shape index (κ2) is 3.85. The van der Waals surface area contributed by atoms with E-state index < -0.39 is 9.84 Å². The van der Waals surface area contributed by atoms with E-state index in [0.717, 1.165) is 6.26 Å². The van der Waals surface area contributed by atoms with Gasteiger partial charge in [0.05, 0.1) is 16.3 Å². The molecule has 0 radical (unpaired) electrons. The number of benzene rings is 1. The number of nitrogens with zero attached hydrogens (tertiary/aromatic N) is 2. The smallest absolute Gasteiger partial charge is 0.177 e. The Bertz CT molecular complexity index is 508. The lowest BCUT2D eigenvalue weighted by Crippen LogP contribution is -2.03. The summed E-state index contributed by atoms with van der Waals surface area (Å²) in [5.41, 5.74) is 11.8. The summed E-state index contributed by atoms with van der Waals surface area (Å²) < 4.78 is 22.7. The Morgan fingerprint density at radius 1 is 1.20 bits per heavy atom. The fourth-order valence-electron chi connectivity index (χ4n) is 1.12. The number of rotatable bonds is 2. The molecule has 0 saturated heterocycles. The van der Waals surface area contributed by atoms with E-state index in [-0.39, 0.29) is 10.6 Å². The van der Waals surface area contributed by atoms with Crippen molar-refractivity contribution >= 4 is 26.9 Å². The van der Waals surface area contributed by atoms with E-state index in [1.165, 1.54) is 19.2 Å². The lowest BCUT2D eigenvalue weighted by molar-refractivity contribution is 0.602. The van der Waals surface area contributed by atoms with Crippen molar-refractivity contribution in [2.75, 3.05) is 24.8 Å². The Morgan fingerprint density at radius 2 is 1.80 bits per heavy atom. The summed E-state index contributed by atoms with van der Waals surface area (Å²) in [6.07, 6.45) is 1.07. The van der Waals surface area contributed by atoms with Gasteiger partial charge in [-0.25, -0.2) is 8.42 Å². The second-order valence-corrected chi connectivity index (χ2v) is 5.01. The Labute approximate surface area is 87.9 Å². The largest absolute Gasteiger partial charge is 0.398 e. The average molecular weight is 228 g/mol. The summed E-state index contributed by atoms with van der Waals surface area (Å²) in [7, 11) is -1.91. The highest BCUT2D eigenvalue weighted by Gasteiger charge is 2.14. The van der Waals surface area contributed by atoms with Crippen molar-refractivity contribution in [1.29, 1.82) is 0 Å². The number of nitrogen functional groups attached to an aromatic ring is 2. The van der Waals surface area contributed by atoms with Crippen LogP contribution in [-0.2, 0) is 9.84 Å². The molecule has 1 aromatic rings. The van der Waals surface area contributed by atoms with Gasteiger partial charge in [0, 0.05) is 13.3 Å². The molecular weight excluding hydrogens is 216 g/mol. The third-order valence-electron chi connectivity index (χ3n) is 1.77. The second-order valence-electron chi connectivity index (χ2n) is 3.02. The van der Waals surface area contributed by atoms with E-state index in [0.29, 0.717) is 11.4 Å². The molecule has 0 aliphatic rings. The molecule has 0 aliphatic carbocycles. The molecule has 0 aromatic heterocycles. The zero-order valence-electron chi connectivity index (χ0n) is 8.43. The molecule has 0 spiro atoms. The van der Waals surface area contributed by atoms with Crippen LogP contribution >= 0.6 is 0 Å². The zero-order chi connectivity index (χ0) is 11.6. The quantitative estimate of drug-likeness (QED) is 0.580. The van der Waals surface area contributed by atoms with E-state index in [9.17, 15) is 8.42 Å². The fraction of sp³-hybridized carbons (Fsp3) is 0.250. The topological polar surface area (TPSA) is 111 Å². The Balaban J connectivity index is 3.50. The van der Waals surface area contributed by atoms with Gasteiger partial charge < -0.3 is 11.5 Å². The molecule has 0 fully saturated rings. The molecule has 82 valence electrons. The van der Waals surface area contributed by atoms with Gasteiger partial charge in [0.25, 0.3) is 0 Å². The molecule has 0 unspecified atom stereocenters. The molecule has 4 N–H and O–H groups in total. The van der Waals surface area contributed by atoms with Crippen LogP contribution in [0.15, 0.2) is 27.3 Å². The van der Waals surface area contributed by atoms with Crippen molar-refractivity contribution in [3.63, 3.8) is 0 Å². The molecule has 0 heterocycles. The van der Waals surface area contributed by atoms with Crippen LogP contribution in [0.2, 0.25) is 0 Å². The first-order chi connectivity index (χ1) is 6.86. The maximum atomic E-state index is 11.3. The van der Waals surface area contributed by atoms with E-state index in [1.807, 2.05) is 0 Å². The van der Waals surface area contributed by atoms with Gasteiger partial charge >= 0.3 is 0 Å². The van der Waals surface area contributed by atoms with Gasteiger partial charge in [-0.05, 0) is 12.1 Å². The van der Waals surface area contributed by atoms with Crippen molar-refractivity contribution in [3.8, 4) is 0 Å². The SMILES string of the molecule is CN=Nc1cc(S(C)(=O)=O)c(N)cc1N. The molecule has 0 saturated carbocycles. The van der Waals surface area contributed by atoms with E-state index in [2.05, 4.69) is 10.2 Å². The Hall–Kier alpha value is -1.63. The molecule has 0 atom stereocenters. The maximum absolute atomic E-state index is 11.3. The van der Waals surface area contributed by atoms with Crippen LogP contribution in [0.3, 0.4) is 0 Å². The van der Waals surface area contributed by atoms with E-state index in [4.69, 9.17) is 11.5 Å². The highest BCUT2D eigenvalue weighted by Crippen LogP contribution is 2.30. The van der Waals surface area contributed by atoms with Crippen molar-refractivity contribution in [2.24, 2.45) is 10.2 Å². The third-order valence-corrected chi connectivity index (χ3v) is 2.92. The molecule has 0 bridgehead atoms. The number of nitrogens with two attached hydrogens (primary N) is 2. The minimum atomic E-state index is -3.37. The van der Waals surface area contributed by atoms with Crippen molar-refractivity contribution in [3.05, 3.63) is 12.1 Å². The van der Waals surface area contributed by atoms with Crippen molar-refractivity contribution < 1.29 is 8.42 Å². The first-order valence-electron chi connectivity index (χ1n) is 4.05. The van der Waals surface area contributed by atoms with Crippen LogP contribution < -0.4 is 11.5 Å². The van der Waals surface area contributed by atoms with E-state index >= 15 is 0 Å². The molecular formula is C8H12N4O2S. The summed E-state index contributed by atoms with van der Waals surface area (Å²) in [4.78, 5) is 0.0131. The zero-order valence-corrected chi connectivity index (χ0v) is 9.25. The highest BCUT2D eigenvalue weighted by molar-refractivity contribution is 7.90. The number of sulfone groups is 1. The summed E-state index contributed by atoms with van der Waals surface area (Å²) in [5.74, 6) is 0. The Morgan fingerprint density at radius 3 is 2.27 bits per heavy atom. The molecule has 0 amide bonds. The summed E-state index contributed by atoms with van der Waals surface area (Å²) in [6.45, 7) is 0. The fourth-order valence-corrected chi connectivity index (χ4v) is 1.93. The van der Waals surface area contributed by atoms with Crippen LogP contribution in [0.25, 0.3) is 0 Å². The minimum Gasteiger partial charge on any atom is -0.398 e. The van der Waals surface area contributed by atoms with Gasteiger partial charge in [-0.15, -0.1) is 0 Å². The summed E-state index contributed by atoms with van der Waals surface area (Å²) >= 11 is 0. The molecule has 7 heteroatoms. The van der Waals surface area contributed by atoms with Crippen LogP contribution in [0, 0.1) is 0 Å². The highest BCUT2D eigenvalue weighted by atomic mass is 32.2. The van der Waals surface area contributed by atoms with Crippen LogP contribution in [0.4, 0.5) is 17.1 Å². The van der Waals surface area contributed by atoms with Crippen molar-refractivity contribution in [2.45, 2.75) is 4.90 Å². The van der Waals surface area contributed by atoms with Gasteiger partial charge in [0.2, 0.25) is 0 Å². The van der Waals surface area contributed by atoms with Crippen LogP contribution in [0.5, 0.6) is 0 Å². The lowest BCUT2D eigenvalue weighted by atomic mass is 10.2. The van der Waals surface area contributed by atoms with Crippen molar-refractivity contribution in [1.82, 2.24) is 0 Å². The maximum Gasteiger partial charge on any atom is 0.177 e. The third kappa shape index (κ3) is 2.44. The van der Waals surface area contributed by atoms with E-state index in [1.54, 1.807) is 0 Å². The van der Waals surface area contributed by atoms with Crippen LogP contribution in [-0.4, -0.2) is 21.7 Å². The first kappa shape index (κ1) is 11.4. The van der Waals surface area contributed by atoms with Gasteiger partial charge in [-0.2, -0.15) is 10.2 Å². The number of azo groups is 1. The normalized spacial score (nSPS) is 12.1. The molecule has 1 aromatic carbocycles. The van der Waals surface area contributed by atoms with Gasteiger partial charge in [-0.3, -0.25) is 0 Å². The number of anilines is 2. The molecule has 15 heavy (non-hydrogen) atoms. The molecule has 1 rings (SSSR count). The predicted molar refractivity (Wildman–Crippen MR) is 58.8 cm³/mol. The Kier molecular flexibility index (Phi) is 2.94. The molecule has 0 aliphatic heterocycles. The van der Waals surface area contributed by atoms with Gasteiger partial charge in [0.1, 0.15) is 5.69 Å². The minimum absolute atomic E-state index is 0.0131. The standard InChI is InChI=1S/C8H12N4O2S/c1-11-12-7-4-8(15(2,13)14)6(10)3-5(7)9/h3-4H,9-10H2,1-2H3. The summed E-state index contributed by atoms with van der Waals surface area (Å²) in [5, 5.41) is 7.23. The van der Waals surface area contributed by atoms with Gasteiger partial charge in [0.15, 0.2) is 9.84 Å². The number of hydrogen-bond donors (Lipinski definition) is 2. The summed E-state index contributed by atoms with van der Waals surface area (Å²) in [6, 6.07) is 2.67. The number of hydrogen-bond acceptors (Lipinski definition) is 6.